The first-order valence-electron chi connectivity index (χ1n) is 7.72. The van der Waals surface area contributed by atoms with Crippen LogP contribution in [0.3, 0.4) is 0 Å². The Morgan fingerprint density at radius 3 is 2.57 bits per heavy atom. The fourth-order valence-corrected chi connectivity index (χ4v) is 1.75. The molecule has 6 heteroatoms. The van der Waals surface area contributed by atoms with Crippen molar-refractivity contribution in [1.29, 1.82) is 0 Å². The molecule has 1 N–H and O–H groups in total. The highest BCUT2D eigenvalue weighted by Gasteiger charge is 2.22. The van der Waals surface area contributed by atoms with Gasteiger partial charge in [-0.2, -0.15) is 0 Å². The highest BCUT2D eigenvalue weighted by molar-refractivity contribution is 5.79. The van der Waals surface area contributed by atoms with Crippen LogP contribution in [0, 0.1) is 5.92 Å². The van der Waals surface area contributed by atoms with Crippen LogP contribution in [-0.4, -0.2) is 30.8 Å². The molecule has 1 aliphatic carbocycles. The smallest absolute Gasteiger partial charge is 0.408 e. The molecule has 0 atom stereocenters. The lowest BCUT2D eigenvalue weighted by molar-refractivity contribution is -0.133. The van der Waals surface area contributed by atoms with Crippen LogP contribution in [0.4, 0.5) is 4.79 Å². The van der Waals surface area contributed by atoms with Crippen LogP contribution >= 0.6 is 0 Å². The van der Waals surface area contributed by atoms with E-state index in [-0.39, 0.29) is 6.54 Å². The predicted octanol–water partition coefficient (Wildman–Crippen LogP) is 2.91. The molecule has 1 aromatic carbocycles. The molecule has 23 heavy (non-hydrogen) atoms. The third kappa shape index (κ3) is 7.04. The van der Waals surface area contributed by atoms with Gasteiger partial charge in [-0.25, -0.2) is 9.59 Å². The van der Waals surface area contributed by atoms with Gasteiger partial charge in [-0.1, -0.05) is 6.07 Å². The van der Waals surface area contributed by atoms with E-state index >= 15 is 0 Å². The van der Waals surface area contributed by atoms with Crippen molar-refractivity contribution in [3.63, 3.8) is 0 Å². The molecule has 0 radical (unpaired) electrons. The first-order valence-corrected chi connectivity index (χ1v) is 7.72. The molecular formula is C17H23NO5. The van der Waals surface area contributed by atoms with E-state index in [1.54, 1.807) is 39.0 Å². The topological polar surface area (TPSA) is 73.9 Å². The second-order valence-corrected chi connectivity index (χ2v) is 6.56. The molecule has 6 nitrogen and oxygen atoms in total. The number of amides is 1. The Bertz CT molecular complexity index is 560. The fraction of sp³-hybridized carbons (Fsp3) is 0.529. The average Bonchev–Trinajstić information content (AvgIpc) is 3.26. The van der Waals surface area contributed by atoms with Crippen molar-refractivity contribution >= 4 is 12.1 Å². The number of alkyl carbamates (subject to hydrolysis) is 1. The van der Waals surface area contributed by atoms with Crippen LogP contribution < -0.4 is 14.8 Å². The van der Waals surface area contributed by atoms with Gasteiger partial charge in [0.2, 0.25) is 0 Å². The van der Waals surface area contributed by atoms with E-state index in [4.69, 9.17) is 14.2 Å². The van der Waals surface area contributed by atoms with E-state index < -0.39 is 17.7 Å². The predicted molar refractivity (Wildman–Crippen MR) is 84.5 cm³/mol. The summed E-state index contributed by atoms with van der Waals surface area (Å²) < 4.78 is 15.8. The Morgan fingerprint density at radius 2 is 1.91 bits per heavy atom. The van der Waals surface area contributed by atoms with Crippen LogP contribution in [0.25, 0.3) is 0 Å². The lowest BCUT2D eigenvalue weighted by atomic mass is 10.2. The minimum atomic E-state index is -0.657. The van der Waals surface area contributed by atoms with Crippen molar-refractivity contribution in [2.45, 2.75) is 39.2 Å². The summed E-state index contributed by atoms with van der Waals surface area (Å²) in [6.07, 6.45) is 1.77. The van der Waals surface area contributed by atoms with Gasteiger partial charge in [0.05, 0.1) is 6.61 Å². The van der Waals surface area contributed by atoms with Gasteiger partial charge in [0, 0.05) is 6.07 Å². The summed E-state index contributed by atoms with van der Waals surface area (Å²) in [4.78, 5) is 23.2. The largest absolute Gasteiger partial charge is 0.493 e. The van der Waals surface area contributed by atoms with Gasteiger partial charge in [-0.3, -0.25) is 0 Å². The van der Waals surface area contributed by atoms with Crippen molar-refractivity contribution in [3.8, 4) is 11.5 Å². The van der Waals surface area contributed by atoms with Crippen molar-refractivity contribution in [2.24, 2.45) is 5.92 Å². The van der Waals surface area contributed by atoms with E-state index in [0.29, 0.717) is 24.0 Å². The summed E-state index contributed by atoms with van der Waals surface area (Å²) in [6.45, 7) is 5.67. The summed E-state index contributed by atoms with van der Waals surface area (Å²) in [5, 5.41) is 2.36. The number of esters is 1. The molecule has 0 heterocycles. The van der Waals surface area contributed by atoms with E-state index in [1.807, 2.05) is 6.07 Å². The normalized spacial score (nSPS) is 14.0. The summed E-state index contributed by atoms with van der Waals surface area (Å²) in [5.74, 6) is 1.13. The third-order valence-corrected chi connectivity index (χ3v) is 3.00. The van der Waals surface area contributed by atoms with Crippen molar-refractivity contribution in [2.75, 3.05) is 13.2 Å². The minimum Gasteiger partial charge on any atom is -0.493 e. The SMILES string of the molecule is CC(C)(C)OC(=O)NCC(=O)Oc1cccc(OCC2CC2)c1. The van der Waals surface area contributed by atoms with E-state index in [1.165, 1.54) is 12.8 Å². The molecule has 0 aliphatic heterocycles. The maximum absolute atomic E-state index is 11.7. The molecule has 0 aromatic heterocycles. The van der Waals surface area contributed by atoms with Crippen LogP contribution in [-0.2, 0) is 9.53 Å². The second-order valence-electron chi connectivity index (χ2n) is 6.56. The Kier molecular flexibility index (Phi) is 5.47. The van der Waals surface area contributed by atoms with Gasteiger partial charge in [0.25, 0.3) is 0 Å². The monoisotopic (exact) mass is 321 g/mol. The lowest BCUT2D eigenvalue weighted by Crippen LogP contribution is -2.36. The first-order chi connectivity index (χ1) is 10.8. The van der Waals surface area contributed by atoms with Gasteiger partial charge in [0.1, 0.15) is 23.6 Å². The molecule has 1 aromatic rings. The van der Waals surface area contributed by atoms with Gasteiger partial charge < -0.3 is 19.5 Å². The molecule has 1 aliphatic rings. The van der Waals surface area contributed by atoms with E-state index in [9.17, 15) is 9.59 Å². The van der Waals surface area contributed by atoms with Gasteiger partial charge in [0.15, 0.2) is 0 Å². The molecular weight excluding hydrogens is 298 g/mol. The van der Waals surface area contributed by atoms with Crippen molar-refractivity contribution in [1.82, 2.24) is 5.32 Å². The minimum absolute atomic E-state index is 0.262. The standard InChI is InChI=1S/C17H23NO5/c1-17(2,3)23-16(20)18-10-15(19)22-14-6-4-5-13(9-14)21-11-12-7-8-12/h4-6,9,12H,7-8,10-11H2,1-3H3,(H,18,20). The third-order valence-electron chi connectivity index (χ3n) is 3.00. The average molecular weight is 321 g/mol. The molecule has 0 saturated heterocycles. The molecule has 1 saturated carbocycles. The summed E-state index contributed by atoms with van der Waals surface area (Å²) in [7, 11) is 0. The molecule has 126 valence electrons. The van der Waals surface area contributed by atoms with Crippen molar-refractivity contribution in [3.05, 3.63) is 24.3 Å². The number of ether oxygens (including phenoxy) is 3. The number of benzene rings is 1. The number of carbonyl (C=O) groups is 2. The summed E-state index contributed by atoms with van der Waals surface area (Å²) >= 11 is 0. The van der Waals surface area contributed by atoms with Crippen molar-refractivity contribution < 1.29 is 23.8 Å². The molecule has 1 fully saturated rings. The van der Waals surface area contributed by atoms with Gasteiger partial charge in [-0.05, 0) is 51.7 Å². The fourth-order valence-electron chi connectivity index (χ4n) is 1.75. The maximum atomic E-state index is 11.7. The van der Waals surface area contributed by atoms with E-state index in [2.05, 4.69) is 5.32 Å². The first kappa shape index (κ1) is 17.1. The Hall–Kier alpha value is -2.24. The number of carbonyl (C=O) groups excluding carboxylic acids is 2. The highest BCUT2D eigenvalue weighted by Crippen LogP contribution is 2.30. The van der Waals surface area contributed by atoms with Crippen LogP contribution in [0.2, 0.25) is 0 Å². The molecule has 0 bridgehead atoms. The van der Waals surface area contributed by atoms with E-state index in [0.717, 1.165) is 0 Å². The van der Waals surface area contributed by atoms with Crippen LogP contribution in [0.1, 0.15) is 33.6 Å². The number of hydrogen-bond donors (Lipinski definition) is 1. The Balaban J connectivity index is 1.75. The molecule has 0 unspecified atom stereocenters. The van der Waals surface area contributed by atoms with Crippen LogP contribution in [0.5, 0.6) is 11.5 Å². The van der Waals surface area contributed by atoms with Crippen LogP contribution in [0.15, 0.2) is 24.3 Å². The van der Waals surface area contributed by atoms with Gasteiger partial charge >= 0.3 is 12.1 Å². The Morgan fingerprint density at radius 1 is 1.22 bits per heavy atom. The summed E-state index contributed by atoms with van der Waals surface area (Å²) in [6, 6.07) is 6.90. The zero-order valence-electron chi connectivity index (χ0n) is 13.8. The number of nitrogens with one attached hydrogen (secondary N) is 1. The quantitative estimate of drug-likeness (QED) is 0.644. The zero-order chi connectivity index (χ0) is 16.9. The maximum Gasteiger partial charge on any atom is 0.408 e. The molecule has 2 rings (SSSR count). The highest BCUT2D eigenvalue weighted by atomic mass is 16.6. The number of hydrogen-bond acceptors (Lipinski definition) is 5. The molecule has 0 spiro atoms. The lowest BCUT2D eigenvalue weighted by Gasteiger charge is -2.19. The molecule has 1 amide bonds. The number of rotatable bonds is 6. The zero-order valence-corrected chi connectivity index (χ0v) is 13.8. The Labute approximate surface area is 136 Å². The summed E-state index contributed by atoms with van der Waals surface area (Å²) in [5.41, 5.74) is -0.610. The second kappa shape index (κ2) is 7.35. The van der Waals surface area contributed by atoms with Gasteiger partial charge in [-0.15, -0.1) is 0 Å².